The second-order valence-electron chi connectivity index (χ2n) is 7.37. The Labute approximate surface area is 163 Å². The lowest BCUT2D eigenvalue weighted by Crippen LogP contribution is -2.38. The monoisotopic (exact) mass is 382 g/mol. The van der Waals surface area contributed by atoms with Crippen LogP contribution in [0.25, 0.3) is 0 Å². The first kappa shape index (κ1) is 18.5. The molecule has 0 bridgehead atoms. The molecule has 0 aromatic heterocycles. The third-order valence-electron chi connectivity index (χ3n) is 5.42. The predicted octanol–water partition coefficient (Wildman–Crippen LogP) is 3.38. The van der Waals surface area contributed by atoms with Crippen LogP contribution in [-0.2, 0) is 16.1 Å². The summed E-state index contributed by atoms with van der Waals surface area (Å²) in [6, 6.07) is 14.0. The Kier molecular flexibility index (Phi) is 5.03. The van der Waals surface area contributed by atoms with Crippen LogP contribution in [0.5, 0.6) is 5.75 Å². The Balaban J connectivity index is 1.52. The molecule has 2 aromatic rings. The summed E-state index contributed by atoms with van der Waals surface area (Å²) in [4.78, 5) is 29.2. The molecule has 1 aliphatic carbocycles. The van der Waals surface area contributed by atoms with Gasteiger partial charge in [0.1, 0.15) is 11.6 Å². The number of carbonyl (C=O) groups is 2. The highest BCUT2D eigenvalue weighted by atomic mass is 19.1. The Morgan fingerprint density at radius 2 is 1.89 bits per heavy atom. The average molecular weight is 382 g/mol. The smallest absolute Gasteiger partial charge is 0.228 e. The summed E-state index contributed by atoms with van der Waals surface area (Å²) in [7, 11) is 1.56. The van der Waals surface area contributed by atoms with Gasteiger partial charge < -0.3 is 14.5 Å². The molecule has 2 fully saturated rings. The molecule has 2 aromatic carbocycles. The first-order chi connectivity index (χ1) is 13.6. The molecule has 4 rings (SSSR count). The molecule has 0 spiro atoms. The van der Waals surface area contributed by atoms with Crippen LogP contribution in [0.15, 0.2) is 48.5 Å². The minimum atomic E-state index is -0.426. The van der Waals surface area contributed by atoms with Crippen molar-refractivity contribution in [2.45, 2.75) is 31.8 Å². The van der Waals surface area contributed by atoms with Crippen molar-refractivity contribution in [3.8, 4) is 5.75 Å². The molecule has 0 radical (unpaired) electrons. The number of nitrogens with zero attached hydrogens (tertiary/aromatic N) is 2. The molecule has 5 nitrogen and oxygen atoms in total. The van der Waals surface area contributed by atoms with Crippen LogP contribution in [-0.4, -0.2) is 36.4 Å². The molecule has 0 N–H and O–H groups in total. The average Bonchev–Trinajstić information content (AvgIpc) is 3.48. The summed E-state index contributed by atoms with van der Waals surface area (Å²) in [5, 5.41) is 0. The fourth-order valence-corrected chi connectivity index (χ4v) is 3.78. The van der Waals surface area contributed by atoms with Crippen LogP contribution in [0, 0.1) is 11.7 Å². The van der Waals surface area contributed by atoms with Crippen LogP contribution in [0.4, 0.5) is 10.1 Å². The van der Waals surface area contributed by atoms with Crippen LogP contribution in [0.3, 0.4) is 0 Å². The number of hydrogen-bond donors (Lipinski definition) is 0. The first-order valence-electron chi connectivity index (χ1n) is 9.55. The molecule has 1 unspecified atom stereocenters. The number of ether oxygens (including phenoxy) is 1. The number of carbonyl (C=O) groups excluding carboxylic acids is 2. The van der Waals surface area contributed by atoms with Gasteiger partial charge in [-0.15, -0.1) is 0 Å². The standard InChI is InChI=1S/C22H23FN2O3/c1-28-20-9-5-4-8-19(20)25-14-16(12-21(25)26)22(27)24(17-10-11-17)13-15-6-2-3-7-18(15)23/h2-9,16-17H,10-14H2,1H3. The van der Waals surface area contributed by atoms with E-state index in [0.717, 1.165) is 12.8 Å². The van der Waals surface area contributed by atoms with Gasteiger partial charge in [-0.25, -0.2) is 4.39 Å². The summed E-state index contributed by atoms with van der Waals surface area (Å²) in [6.07, 6.45) is 2.02. The molecule has 1 saturated heterocycles. The van der Waals surface area contributed by atoms with E-state index in [-0.39, 0.29) is 36.6 Å². The number of amides is 2. The zero-order chi connectivity index (χ0) is 19.7. The highest BCUT2D eigenvalue weighted by Gasteiger charge is 2.42. The topological polar surface area (TPSA) is 49.9 Å². The lowest BCUT2D eigenvalue weighted by molar-refractivity contribution is -0.137. The number of halogens is 1. The summed E-state index contributed by atoms with van der Waals surface area (Å²) < 4.78 is 19.4. The van der Waals surface area contributed by atoms with Crippen LogP contribution in [0.2, 0.25) is 0 Å². The lowest BCUT2D eigenvalue weighted by Gasteiger charge is -2.26. The van der Waals surface area contributed by atoms with Gasteiger partial charge in [-0.1, -0.05) is 30.3 Å². The molecule has 28 heavy (non-hydrogen) atoms. The van der Waals surface area contributed by atoms with Gasteiger partial charge in [0.15, 0.2) is 0 Å². The van der Waals surface area contributed by atoms with Crippen molar-refractivity contribution in [1.29, 1.82) is 0 Å². The van der Waals surface area contributed by atoms with Crippen molar-refractivity contribution in [3.63, 3.8) is 0 Å². The fourth-order valence-electron chi connectivity index (χ4n) is 3.78. The number of hydrogen-bond acceptors (Lipinski definition) is 3. The Morgan fingerprint density at radius 1 is 1.18 bits per heavy atom. The number of rotatable bonds is 6. The normalized spacial score (nSPS) is 19.0. The van der Waals surface area contributed by atoms with Crippen LogP contribution in [0.1, 0.15) is 24.8 Å². The van der Waals surface area contributed by atoms with Crippen molar-refractivity contribution in [3.05, 3.63) is 59.9 Å². The largest absolute Gasteiger partial charge is 0.495 e. The quantitative estimate of drug-likeness (QED) is 0.770. The Morgan fingerprint density at radius 3 is 2.61 bits per heavy atom. The maximum Gasteiger partial charge on any atom is 0.228 e. The van der Waals surface area contributed by atoms with Crippen LogP contribution >= 0.6 is 0 Å². The Hall–Kier alpha value is -2.89. The van der Waals surface area contributed by atoms with Gasteiger partial charge in [0, 0.05) is 31.1 Å². The maximum absolute atomic E-state index is 14.1. The molecular weight excluding hydrogens is 359 g/mol. The SMILES string of the molecule is COc1ccccc1N1CC(C(=O)N(Cc2ccccc2F)C2CC2)CC1=O. The minimum absolute atomic E-state index is 0.0727. The minimum Gasteiger partial charge on any atom is -0.495 e. The van der Waals surface area contributed by atoms with Crippen LogP contribution < -0.4 is 9.64 Å². The highest BCUT2D eigenvalue weighted by Crippen LogP contribution is 2.36. The van der Waals surface area contributed by atoms with Gasteiger partial charge in [-0.2, -0.15) is 0 Å². The van der Waals surface area contributed by atoms with Crippen molar-refractivity contribution in [1.82, 2.24) is 4.90 Å². The maximum atomic E-state index is 14.1. The van der Waals surface area contributed by atoms with Crippen molar-refractivity contribution < 1.29 is 18.7 Å². The van der Waals surface area contributed by atoms with E-state index >= 15 is 0 Å². The number of anilines is 1. The van der Waals surface area contributed by atoms with Gasteiger partial charge in [-0.05, 0) is 31.0 Å². The third-order valence-corrected chi connectivity index (χ3v) is 5.42. The van der Waals surface area contributed by atoms with E-state index in [1.807, 2.05) is 18.2 Å². The zero-order valence-corrected chi connectivity index (χ0v) is 15.8. The molecule has 1 atom stereocenters. The third kappa shape index (κ3) is 3.59. The first-order valence-corrected chi connectivity index (χ1v) is 9.55. The second-order valence-corrected chi connectivity index (χ2v) is 7.37. The number of methoxy groups -OCH3 is 1. The van der Waals surface area contributed by atoms with E-state index in [0.29, 0.717) is 23.5 Å². The predicted molar refractivity (Wildman–Crippen MR) is 103 cm³/mol. The zero-order valence-electron chi connectivity index (χ0n) is 15.8. The summed E-state index contributed by atoms with van der Waals surface area (Å²) in [5.74, 6) is -0.292. The van der Waals surface area contributed by atoms with E-state index in [4.69, 9.17) is 4.74 Å². The van der Waals surface area contributed by atoms with Gasteiger partial charge in [0.25, 0.3) is 0 Å². The molecule has 1 aliphatic heterocycles. The molecule has 146 valence electrons. The molecule has 1 saturated carbocycles. The molecular formula is C22H23FN2O3. The molecule has 1 heterocycles. The van der Waals surface area contributed by atoms with E-state index in [9.17, 15) is 14.0 Å². The van der Waals surface area contributed by atoms with Gasteiger partial charge >= 0.3 is 0 Å². The summed E-state index contributed by atoms with van der Waals surface area (Å²) in [5.41, 5.74) is 1.19. The number of para-hydroxylation sites is 2. The van der Waals surface area contributed by atoms with Crippen molar-refractivity contribution in [2.75, 3.05) is 18.6 Å². The van der Waals surface area contributed by atoms with E-state index < -0.39 is 5.92 Å². The molecule has 2 amide bonds. The Bertz CT molecular complexity index is 897. The van der Waals surface area contributed by atoms with Gasteiger partial charge in [-0.3, -0.25) is 9.59 Å². The molecule has 2 aliphatic rings. The number of benzene rings is 2. The second kappa shape index (κ2) is 7.62. The lowest BCUT2D eigenvalue weighted by atomic mass is 10.1. The fraction of sp³-hybridized carbons (Fsp3) is 0.364. The van der Waals surface area contributed by atoms with Gasteiger partial charge in [0.05, 0.1) is 18.7 Å². The highest BCUT2D eigenvalue weighted by molar-refractivity contribution is 6.01. The van der Waals surface area contributed by atoms with Crippen molar-refractivity contribution >= 4 is 17.5 Å². The van der Waals surface area contributed by atoms with E-state index in [2.05, 4.69) is 0 Å². The van der Waals surface area contributed by atoms with Crippen molar-refractivity contribution in [2.24, 2.45) is 5.92 Å². The van der Waals surface area contributed by atoms with E-state index in [1.165, 1.54) is 6.07 Å². The van der Waals surface area contributed by atoms with E-state index in [1.54, 1.807) is 41.2 Å². The van der Waals surface area contributed by atoms with Gasteiger partial charge in [0.2, 0.25) is 11.8 Å². The molecule has 6 heteroatoms. The summed E-state index contributed by atoms with van der Waals surface area (Å²) >= 11 is 0. The summed E-state index contributed by atoms with van der Waals surface area (Å²) in [6.45, 7) is 0.564.